The van der Waals surface area contributed by atoms with Crippen molar-refractivity contribution in [3.8, 4) is 5.75 Å². The molecule has 1 atom stereocenters. The van der Waals surface area contributed by atoms with Gasteiger partial charge in [-0.3, -0.25) is 0 Å². The van der Waals surface area contributed by atoms with Gasteiger partial charge in [0, 0.05) is 34.5 Å². The number of hydrogen-bond donors (Lipinski definition) is 2. The molecule has 1 aliphatic rings. The zero-order chi connectivity index (χ0) is 23.3. The number of rotatable bonds is 7. The molecule has 0 amide bonds. The molecular formula is C24H29ClN2O4S. The van der Waals surface area contributed by atoms with Gasteiger partial charge in [-0.05, 0) is 48.6 Å². The number of fused-ring (bicyclic) bond motifs is 2. The van der Waals surface area contributed by atoms with Crippen LogP contribution in [0.5, 0.6) is 5.75 Å². The zero-order valence-corrected chi connectivity index (χ0v) is 20.4. The maximum absolute atomic E-state index is 12.1. The van der Waals surface area contributed by atoms with Crippen molar-refractivity contribution in [2.45, 2.75) is 63.0 Å². The number of pyridine rings is 1. The van der Waals surface area contributed by atoms with Crippen LogP contribution in [0.3, 0.4) is 0 Å². The fourth-order valence-corrected chi connectivity index (χ4v) is 5.83. The van der Waals surface area contributed by atoms with Gasteiger partial charge in [-0.25, -0.2) is 13.4 Å². The second kappa shape index (κ2) is 8.04. The maximum atomic E-state index is 12.1. The lowest BCUT2D eigenvalue weighted by molar-refractivity contribution is 0.0305. The Morgan fingerprint density at radius 1 is 1.22 bits per heavy atom. The average Bonchev–Trinajstić information content (AvgIpc) is 3.30. The topological polar surface area (TPSA) is 92.3 Å². The summed E-state index contributed by atoms with van der Waals surface area (Å²) >= 11 is 6.36. The van der Waals surface area contributed by atoms with Crippen LogP contribution in [-0.2, 0) is 28.1 Å². The van der Waals surface area contributed by atoms with Crippen molar-refractivity contribution < 1.29 is 18.3 Å². The third-order valence-electron chi connectivity index (χ3n) is 6.11. The Morgan fingerprint density at radius 2 is 1.97 bits per heavy atom. The number of ether oxygens (including phenoxy) is 1. The molecule has 0 saturated heterocycles. The minimum Gasteiger partial charge on any atom is -0.493 e. The summed E-state index contributed by atoms with van der Waals surface area (Å²) in [5, 5.41) is 12.8. The average molecular weight is 477 g/mol. The molecule has 3 aromatic rings. The molecule has 0 aliphatic carbocycles. The third-order valence-corrected chi connectivity index (χ3v) is 7.94. The molecule has 172 valence electrons. The molecule has 1 aliphatic heterocycles. The largest absolute Gasteiger partial charge is 0.493 e. The van der Waals surface area contributed by atoms with Crippen molar-refractivity contribution in [3.05, 3.63) is 52.3 Å². The summed E-state index contributed by atoms with van der Waals surface area (Å²) in [6, 6.07) is 7.35. The number of aromatic amines is 1. The maximum Gasteiger partial charge on any atom is 0.195 e. The fraction of sp³-hybridized carbons (Fsp3) is 0.458. The molecule has 0 unspecified atom stereocenters. The van der Waals surface area contributed by atoms with E-state index in [0.29, 0.717) is 24.5 Å². The Balaban J connectivity index is 1.59. The Kier molecular flexibility index (Phi) is 5.80. The highest BCUT2D eigenvalue weighted by atomic mass is 35.5. The highest BCUT2D eigenvalue weighted by Gasteiger charge is 2.36. The van der Waals surface area contributed by atoms with Gasteiger partial charge < -0.3 is 14.8 Å². The van der Waals surface area contributed by atoms with Crippen LogP contribution in [0.15, 0.2) is 35.5 Å². The standard InChI is InChI=1S/C24H29ClN2O4S/c1-5-32(29,30)21-10-16-9-18(27-20(16)13-26-21)12-24(4,28)14-23(2,3)19-11-17(25)8-15-6-7-31-22(15)19/h8-11,13,27-28H,5-7,12,14H2,1-4H3/t24-/m0/s1. The van der Waals surface area contributed by atoms with E-state index in [2.05, 4.69) is 23.8 Å². The summed E-state index contributed by atoms with van der Waals surface area (Å²) in [6.45, 7) is 8.24. The van der Waals surface area contributed by atoms with E-state index in [1.54, 1.807) is 13.0 Å². The number of halogens is 1. The smallest absolute Gasteiger partial charge is 0.195 e. The van der Waals surface area contributed by atoms with Gasteiger partial charge in [0.2, 0.25) is 0 Å². The number of aromatic nitrogens is 2. The van der Waals surface area contributed by atoms with Gasteiger partial charge in [0.25, 0.3) is 0 Å². The first-order valence-electron chi connectivity index (χ1n) is 10.8. The molecular weight excluding hydrogens is 448 g/mol. The fourth-order valence-electron chi connectivity index (χ4n) is 4.78. The van der Waals surface area contributed by atoms with Gasteiger partial charge in [-0.2, -0.15) is 0 Å². The Bertz CT molecular complexity index is 1280. The first-order valence-corrected chi connectivity index (χ1v) is 12.8. The minimum absolute atomic E-state index is 0.00347. The Hall–Kier alpha value is -2.09. The first-order chi connectivity index (χ1) is 14.9. The molecule has 2 N–H and O–H groups in total. The lowest BCUT2D eigenvalue weighted by atomic mass is 9.74. The molecule has 8 heteroatoms. The van der Waals surface area contributed by atoms with Gasteiger partial charge >= 0.3 is 0 Å². The monoisotopic (exact) mass is 476 g/mol. The van der Waals surface area contributed by atoms with E-state index in [9.17, 15) is 13.5 Å². The number of nitrogens with zero attached hydrogens (tertiary/aromatic N) is 1. The molecule has 0 fully saturated rings. The van der Waals surface area contributed by atoms with Crippen LogP contribution in [0.25, 0.3) is 10.9 Å². The van der Waals surface area contributed by atoms with Gasteiger partial charge in [0.15, 0.2) is 14.9 Å². The van der Waals surface area contributed by atoms with Gasteiger partial charge in [0.1, 0.15) is 5.75 Å². The lowest BCUT2D eigenvalue weighted by Gasteiger charge is -2.35. The van der Waals surface area contributed by atoms with E-state index in [1.807, 2.05) is 25.1 Å². The van der Waals surface area contributed by atoms with Crippen LogP contribution in [0.1, 0.15) is 50.9 Å². The molecule has 0 saturated carbocycles. The number of hydrogen-bond acceptors (Lipinski definition) is 5. The molecule has 0 bridgehead atoms. The number of benzene rings is 1. The minimum atomic E-state index is -3.38. The predicted octanol–water partition coefficient (Wildman–Crippen LogP) is 4.61. The first kappa shape index (κ1) is 23.1. The molecule has 0 radical (unpaired) electrons. The van der Waals surface area contributed by atoms with E-state index >= 15 is 0 Å². The van der Waals surface area contributed by atoms with Crippen molar-refractivity contribution >= 4 is 32.3 Å². The summed E-state index contributed by atoms with van der Waals surface area (Å²) in [4.78, 5) is 7.35. The summed E-state index contributed by atoms with van der Waals surface area (Å²) in [5.74, 6) is 0.889. The summed E-state index contributed by atoms with van der Waals surface area (Å²) in [5.41, 5.74) is 2.28. The normalized spacial score (nSPS) is 16.1. The molecule has 3 heterocycles. The second-order valence-electron chi connectivity index (χ2n) is 9.58. The zero-order valence-electron chi connectivity index (χ0n) is 18.8. The van der Waals surface area contributed by atoms with E-state index in [-0.39, 0.29) is 16.2 Å². The van der Waals surface area contributed by atoms with Crippen LogP contribution in [0, 0.1) is 0 Å². The summed E-state index contributed by atoms with van der Waals surface area (Å²) in [6.07, 6.45) is 3.24. The van der Waals surface area contributed by atoms with Crippen molar-refractivity contribution in [3.63, 3.8) is 0 Å². The third kappa shape index (κ3) is 4.51. The number of nitrogens with one attached hydrogen (secondary N) is 1. The SMILES string of the molecule is CCS(=O)(=O)c1cc2cc(C[C@](C)(O)CC(C)(C)c3cc(Cl)cc4c3OCC4)[nH]c2cn1. The Labute approximate surface area is 193 Å². The number of aliphatic hydroxyl groups is 1. The van der Waals surface area contributed by atoms with Crippen LogP contribution >= 0.6 is 11.6 Å². The van der Waals surface area contributed by atoms with E-state index < -0.39 is 15.4 Å². The van der Waals surface area contributed by atoms with E-state index in [0.717, 1.165) is 39.9 Å². The lowest BCUT2D eigenvalue weighted by Crippen LogP contribution is -2.36. The van der Waals surface area contributed by atoms with Crippen molar-refractivity contribution in [1.29, 1.82) is 0 Å². The van der Waals surface area contributed by atoms with Crippen LogP contribution < -0.4 is 4.74 Å². The molecule has 2 aromatic heterocycles. The number of H-pyrrole nitrogens is 1. The van der Waals surface area contributed by atoms with Gasteiger partial charge in [-0.15, -0.1) is 0 Å². The van der Waals surface area contributed by atoms with Crippen LogP contribution in [-0.4, -0.2) is 41.5 Å². The molecule has 1 aromatic carbocycles. The predicted molar refractivity (Wildman–Crippen MR) is 126 cm³/mol. The second-order valence-corrected chi connectivity index (χ2v) is 12.2. The molecule has 4 rings (SSSR count). The van der Waals surface area contributed by atoms with Crippen molar-refractivity contribution in [2.24, 2.45) is 0 Å². The highest BCUT2D eigenvalue weighted by molar-refractivity contribution is 7.91. The molecule has 32 heavy (non-hydrogen) atoms. The summed E-state index contributed by atoms with van der Waals surface area (Å²) in [7, 11) is -3.38. The van der Waals surface area contributed by atoms with Crippen molar-refractivity contribution in [2.75, 3.05) is 12.4 Å². The molecule has 0 spiro atoms. The van der Waals surface area contributed by atoms with E-state index in [1.165, 1.54) is 6.20 Å². The number of sulfone groups is 1. The van der Waals surface area contributed by atoms with Crippen LogP contribution in [0.2, 0.25) is 5.02 Å². The highest BCUT2D eigenvalue weighted by Crippen LogP contribution is 2.43. The molecule has 6 nitrogen and oxygen atoms in total. The van der Waals surface area contributed by atoms with Crippen molar-refractivity contribution in [1.82, 2.24) is 9.97 Å². The van der Waals surface area contributed by atoms with Gasteiger partial charge in [0.05, 0.1) is 29.7 Å². The van der Waals surface area contributed by atoms with E-state index in [4.69, 9.17) is 16.3 Å². The van der Waals surface area contributed by atoms with Crippen LogP contribution in [0.4, 0.5) is 0 Å². The summed E-state index contributed by atoms with van der Waals surface area (Å²) < 4.78 is 30.2. The van der Waals surface area contributed by atoms with Gasteiger partial charge in [-0.1, -0.05) is 32.4 Å². The quantitative estimate of drug-likeness (QED) is 0.519. The Morgan fingerprint density at radius 3 is 2.69 bits per heavy atom.